The molecule has 1 aromatic heterocycles. The maximum Gasteiger partial charge on any atom is 0.142 e. The Morgan fingerprint density at radius 1 is 1.47 bits per heavy atom. The Kier molecular flexibility index (Phi) is 3.89. The zero-order valence-electron chi connectivity index (χ0n) is 10.9. The molecule has 0 bridgehead atoms. The second-order valence-corrected chi connectivity index (χ2v) is 5.62. The average Bonchev–Trinajstić information content (AvgIpc) is 2.53. The predicted molar refractivity (Wildman–Crippen MR) is 74.8 cm³/mol. The number of hydrogen-bond acceptors (Lipinski definition) is 5. The summed E-state index contributed by atoms with van der Waals surface area (Å²) >= 11 is 1.54. The SMILES string of the molecule is CCC1CN(C)CCCN1c1snc(N)c1C. The summed E-state index contributed by atoms with van der Waals surface area (Å²) in [5.74, 6) is 0.692. The van der Waals surface area contributed by atoms with Gasteiger partial charge in [-0.3, -0.25) is 0 Å². The molecule has 0 aliphatic carbocycles. The van der Waals surface area contributed by atoms with Crippen LogP contribution >= 0.6 is 11.5 Å². The van der Waals surface area contributed by atoms with Crippen molar-refractivity contribution in [3.8, 4) is 0 Å². The van der Waals surface area contributed by atoms with E-state index in [1.807, 2.05) is 0 Å². The first-order valence-electron chi connectivity index (χ1n) is 6.30. The van der Waals surface area contributed by atoms with Crippen LogP contribution in [0.25, 0.3) is 0 Å². The maximum atomic E-state index is 5.86. The molecule has 1 aromatic rings. The summed E-state index contributed by atoms with van der Waals surface area (Å²) in [5, 5.41) is 1.27. The molecule has 2 N–H and O–H groups in total. The fourth-order valence-corrected chi connectivity index (χ4v) is 3.38. The highest BCUT2D eigenvalue weighted by molar-refractivity contribution is 7.10. The number of nitrogen functional groups attached to an aromatic ring is 1. The van der Waals surface area contributed by atoms with Gasteiger partial charge in [0.25, 0.3) is 0 Å². The molecule has 0 aromatic carbocycles. The van der Waals surface area contributed by atoms with Gasteiger partial charge in [-0.2, -0.15) is 4.37 Å². The van der Waals surface area contributed by atoms with Crippen LogP contribution in [0.1, 0.15) is 25.3 Å². The average molecular weight is 254 g/mol. The van der Waals surface area contributed by atoms with Gasteiger partial charge < -0.3 is 15.5 Å². The van der Waals surface area contributed by atoms with Gasteiger partial charge in [-0.1, -0.05) is 6.92 Å². The molecular weight excluding hydrogens is 232 g/mol. The summed E-state index contributed by atoms with van der Waals surface area (Å²) in [6.07, 6.45) is 2.38. The Morgan fingerprint density at radius 2 is 2.24 bits per heavy atom. The highest BCUT2D eigenvalue weighted by Gasteiger charge is 2.25. The van der Waals surface area contributed by atoms with Crippen LogP contribution < -0.4 is 10.6 Å². The summed E-state index contributed by atoms with van der Waals surface area (Å²) in [5.41, 5.74) is 7.01. The van der Waals surface area contributed by atoms with Gasteiger partial charge in [0.05, 0.1) is 0 Å². The summed E-state index contributed by atoms with van der Waals surface area (Å²) in [6, 6.07) is 0.584. The third-order valence-corrected chi connectivity index (χ3v) is 4.57. The molecule has 1 saturated heterocycles. The molecule has 1 aliphatic heterocycles. The van der Waals surface area contributed by atoms with Crippen LogP contribution in [0.15, 0.2) is 0 Å². The minimum absolute atomic E-state index is 0.584. The van der Waals surface area contributed by atoms with Crippen LogP contribution in [-0.2, 0) is 0 Å². The van der Waals surface area contributed by atoms with E-state index in [0.717, 1.165) is 18.7 Å². The highest BCUT2D eigenvalue weighted by atomic mass is 32.1. The van der Waals surface area contributed by atoms with E-state index < -0.39 is 0 Å². The monoisotopic (exact) mass is 254 g/mol. The number of likely N-dealkylation sites (N-methyl/N-ethyl adjacent to an activating group) is 1. The summed E-state index contributed by atoms with van der Waals surface area (Å²) in [7, 11) is 2.21. The van der Waals surface area contributed by atoms with Gasteiger partial charge in [0.1, 0.15) is 10.8 Å². The lowest BCUT2D eigenvalue weighted by Crippen LogP contribution is -2.39. The molecule has 1 aliphatic rings. The zero-order valence-corrected chi connectivity index (χ0v) is 11.8. The van der Waals surface area contributed by atoms with E-state index in [9.17, 15) is 0 Å². The molecule has 0 radical (unpaired) electrons. The van der Waals surface area contributed by atoms with Crippen molar-refractivity contribution in [1.29, 1.82) is 0 Å². The number of anilines is 2. The standard InChI is InChI=1S/C12H22N4S/c1-4-10-8-15(3)6-5-7-16(10)12-9(2)11(13)14-17-12/h10H,4-8H2,1-3H3,(H2,13,14). The number of rotatable bonds is 2. The van der Waals surface area contributed by atoms with E-state index in [4.69, 9.17) is 5.73 Å². The third-order valence-electron chi connectivity index (χ3n) is 3.57. The van der Waals surface area contributed by atoms with Crippen molar-refractivity contribution in [3.05, 3.63) is 5.56 Å². The summed E-state index contributed by atoms with van der Waals surface area (Å²) in [4.78, 5) is 4.93. The van der Waals surface area contributed by atoms with Gasteiger partial charge in [0, 0.05) is 24.7 Å². The van der Waals surface area contributed by atoms with E-state index in [1.54, 1.807) is 11.5 Å². The minimum atomic E-state index is 0.584. The van der Waals surface area contributed by atoms with E-state index in [2.05, 4.69) is 35.1 Å². The van der Waals surface area contributed by atoms with Crippen molar-refractivity contribution in [1.82, 2.24) is 9.27 Å². The smallest absolute Gasteiger partial charge is 0.142 e. The first-order valence-corrected chi connectivity index (χ1v) is 7.07. The van der Waals surface area contributed by atoms with Crippen LogP contribution in [0.5, 0.6) is 0 Å². The van der Waals surface area contributed by atoms with Crippen LogP contribution in [0.2, 0.25) is 0 Å². The second kappa shape index (κ2) is 5.23. The molecular formula is C12H22N4S. The molecule has 1 unspecified atom stereocenters. The lowest BCUT2D eigenvalue weighted by atomic mass is 10.2. The number of hydrogen-bond donors (Lipinski definition) is 1. The lowest BCUT2D eigenvalue weighted by Gasteiger charge is -2.31. The molecule has 0 amide bonds. The topological polar surface area (TPSA) is 45.4 Å². The first kappa shape index (κ1) is 12.6. The molecule has 0 saturated carbocycles. The van der Waals surface area contributed by atoms with Crippen molar-refractivity contribution in [2.75, 3.05) is 37.3 Å². The van der Waals surface area contributed by atoms with Crippen LogP contribution in [0.4, 0.5) is 10.8 Å². The van der Waals surface area contributed by atoms with Crippen LogP contribution in [0.3, 0.4) is 0 Å². The Hall–Kier alpha value is -0.810. The van der Waals surface area contributed by atoms with E-state index >= 15 is 0 Å². The number of aromatic nitrogens is 1. The van der Waals surface area contributed by atoms with Crippen molar-refractivity contribution in [3.63, 3.8) is 0 Å². The second-order valence-electron chi connectivity index (χ2n) is 4.87. The van der Waals surface area contributed by atoms with Crippen LogP contribution in [0, 0.1) is 6.92 Å². The van der Waals surface area contributed by atoms with Gasteiger partial charge in [-0.15, -0.1) is 0 Å². The summed E-state index contributed by atoms with van der Waals surface area (Å²) < 4.78 is 4.27. The normalized spacial score (nSPS) is 22.8. The first-order chi connectivity index (χ1) is 8.13. The van der Waals surface area contributed by atoms with E-state index in [1.165, 1.54) is 24.4 Å². The van der Waals surface area contributed by atoms with Crippen LogP contribution in [-0.4, -0.2) is 42.0 Å². The molecule has 17 heavy (non-hydrogen) atoms. The molecule has 96 valence electrons. The molecule has 2 heterocycles. The van der Waals surface area contributed by atoms with Crippen molar-refractivity contribution in [2.24, 2.45) is 0 Å². The molecule has 1 atom stereocenters. The fourth-order valence-electron chi connectivity index (χ4n) is 2.47. The Labute approximate surface area is 108 Å². The van der Waals surface area contributed by atoms with E-state index in [-0.39, 0.29) is 0 Å². The zero-order chi connectivity index (χ0) is 12.4. The van der Waals surface area contributed by atoms with Gasteiger partial charge in [0.2, 0.25) is 0 Å². The van der Waals surface area contributed by atoms with Gasteiger partial charge in [-0.25, -0.2) is 0 Å². The van der Waals surface area contributed by atoms with Crippen molar-refractivity contribution in [2.45, 2.75) is 32.7 Å². The van der Waals surface area contributed by atoms with Crippen molar-refractivity contribution < 1.29 is 0 Å². The number of nitrogens with two attached hydrogens (primary N) is 1. The quantitative estimate of drug-likeness (QED) is 0.876. The molecule has 5 heteroatoms. The van der Waals surface area contributed by atoms with E-state index in [0.29, 0.717) is 11.9 Å². The molecule has 1 fully saturated rings. The Morgan fingerprint density at radius 3 is 2.82 bits per heavy atom. The number of nitrogens with zero attached hydrogens (tertiary/aromatic N) is 3. The van der Waals surface area contributed by atoms with Gasteiger partial charge in [-0.05, 0) is 44.9 Å². The molecule has 0 spiro atoms. The van der Waals surface area contributed by atoms with Crippen molar-refractivity contribution >= 4 is 22.4 Å². The fraction of sp³-hybridized carbons (Fsp3) is 0.750. The lowest BCUT2D eigenvalue weighted by molar-refractivity contribution is 0.328. The Bertz CT molecular complexity index is 377. The largest absolute Gasteiger partial charge is 0.383 e. The third kappa shape index (κ3) is 2.55. The predicted octanol–water partition coefficient (Wildman–Crippen LogP) is 1.95. The highest BCUT2D eigenvalue weighted by Crippen LogP contribution is 2.32. The maximum absolute atomic E-state index is 5.86. The molecule has 4 nitrogen and oxygen atoms in total. The summed E-state index contributed by atoms with van der Waals surface area (Å²) in [6.45, 7) is 7.77. The minimum Gasteiger partial charge on any atom is -0.383 e. The van der Waals surface area contributed by atoms with Gasteiger partial charge in [0.15, 0.2) is 0 Å². The Balaban J connectivity index is 2.25. The van der Waals surface area contributed by atoms with Gasteiger partial charge >= 0.3 is 0 Å². The molecule has 2 rings (SSSR count).